The van der Waals surface area contributed by atoms with Gasteiger partial charge in [-0.2, -0.15) is 0 Å². The molecule has 5 rings (SSSR count). The van der Waals surface area contributed by atoms with Crippen LogP contribution in [-0.2, 0) is 19.4 Å². The smallest absolute Gasteiger partial charge is 0.165 e. The minimum Gasteiger partial charge on any atom is -0.508 e. The Balaban J connectivity index is 1.31. The number of hydrogen-bond donors (Lipinski definition) is 1. The van der Waals surface area contributed by atoms with Gasteiger partial charge in [0.2, 0.25) is 0 Å². The molecule has 220 valence electrons. The second-order valence-corrected chi connectivity index (χ2v) is 12.2. The van der Waals surface area contributed by atoms with Crippen molar-refractivity contribution in [1.29, 1.82) is 0 Å². The average molecular weight is 561 g/mol. The number of halogens is 1. The molecule has 0 bridgehead atoms. The standard InChI is InChI=1S/C35H45FN2O3/c1-24(2)38(23-26-5-12-35(33(36)19-26)41-18-17-37-15-13-25(3)14-16-37)34-22-31(40-4)10-11-32(34)29-7-6-28-21-30(39)9-8-27(28)20-29/h5,8-12,19,21-22,24-25,29,39H,6-7,13-18,20,23H2,1-4H3. The minimum absolute atomic E-state index is 0.194. The molecular formula is C35H45FN2O3. The van der Waals surface area contributed by atoms with E-state index in [2.05, 4.69) is 48.8 Å². The average Bonchev–Trinajstić information content (AvgIpc) is 2.97. The molecule has 1 atom stereocenters. The highest BCUT2D eigenvalue weighted by atomic mass is 19.1. The van der Waals surface area contributed by atoms with Gasteiger partial charge in [-0.3, -0.25) is 4.90 Å². The largest absolute Gasteiger partial charge is 0.508 e. The first kappa shape index (κ1) is 29.2. The second-order valence-electron chi connectivity index (χ2n) is 12.2. The van der Waals surface area contributed by atoms with Crippen LogP contribution < -0.4 is 14.4 Å². The van der Waals surface area contributed by atoms with Gasteiger partial charge >= 0.3 is 0 Å². The molecule has 0 aromatic heterocycles. The first-order valence-electron chi connectivity index (χ1n) is 15.2. The fourth-order valence-corrected chi connectivity index (χ4v) is 6.32. The summed E-state index contributed by atoms with van der Waals surface area (Å²) in [5, 5.41) is 9.93. The van der Waals surface area contributed by atoms with Crippen molar-refractivity contribution in [2.45, 2.75) is 71.4 Å². The van der Waals surface area contributed by atoms with Crippen molar-refractivity contribution in [1.82, 2.24) is 4.90 Å². The van der Waals surface area contributed by atoms with Crippen molar-refractivity contribution in [2.75, 3.05) is 38.3 Å². The maximum absolute atomic E-state index is 15.2. The van der Waals surface area contributed by atoms with Gasteiger partial charge in [0.05, 0.1) is 7.11 Å². The number of phenols is 1. The molecule has 6 heteroatoms. The van der Waals surface area contributed by atoms with Gasteiger partial charge in [-0.1, -0.05) is 25.1 Å². The number of likely N-dealkylation sites (tertiary alicyclic amines) is 1. The molecule has 41 heavy (non-hydrogen) atoms. The third kappa shape index (κ3) is 7.16. The number of fused-ring (bicyclic) bond motifs is 1. The van der Waals surface area contributed by atoms with E-state index in [0.29, 0.717) is 30.6 Å². The van der Waals surface area contributed by atoms with E-state index < -0.39 is 0 Å². The maximum atomic E-state index is 15.2. The number of benzene rings is 3. The molecule has 1 N–H and O–H groups in total. The van der Waals surface area contributed by atoms with Crippen LogP contribution in [0.5, 0.6) is 17.2 Å². The monoisotopic (exact) mass is 560 g/mol. The highest BCUT2D eigenvalue weighted by Crippen LogP contribution is 2.41. The Hall–Kier alpha value is -3.25. The topological polar surface area (TPSA) is 45.2 Å². The van der Waals surface area contributed by atoms with Gasteiger partial charge in [0.25, 0.3) is 0 Å². The summed E-state index contributed by atoms with van der Waals surface area (Å²) in [6, 6.07) is 17.7. The van der Waals surface area contributed by atoms with Crippen LogP contribution in [0.1, 0.15) is 68.2 Å². The zero-order chi connectivity index (χ0) is 28.9. The second kappa shape index (κ2) is 13.2. The lowest BCUT2D eigenvalue weighted by Gasteiger charge is -2.35. The minimum atomic E-state index is -0.309. The Labute approximate surface area is 244 Å². The van der Waals surface area contributed by atoms with E-state index in [1.54, 1.807) is 25.3 Å². The van der Waals surface area contributed by atoms with Gasteiger partial charge in [-0.05, 0) is 123 Å². The van der Waals surface area contributed by atoms with E-state index in [1.807, 2.05) is 18.2 Å². The van der Waals surface area contributed by atoms with Crippen LogP contribution in [0.4, 0.5) is 10.1 Å². The Morgan fingerprint density at radius 3 is 2.54 bits per heavy atom. The van der Waals surface area contributed by atoms with Gasteiger partial charge in [0, 0.05) is 30.9 Å². The van der Waals surface area contributed by atoms with E-state index in [-0.39, 0.29) is 11.9 Å². The quantitative estimate of drug-likeness (QED) is 0.281. The maximum Gasteiger partial charge on any atom is 0.165 e. The summed E-state index contributed by atoms with van der Waals surface area (Å²) in [7, 11) is 1.70. The summed E-state index contributed by atoms with van der Waals surface area (Å²) in [6.07, 6.45) is 5.33. The van der Waals surface area contributed by atoms with Crippen LogP contribution in [0.2, 0.25) is 0 Å². The number of hydrogen-bond acceptors (Lipinski definition) is 5. The SMILES string of the molecule is COc1ccc(C2CCc3cc(O)ccc3C2)c(N(Cc2ccc(OCCN3CCC(C)CC3)c(F)c2)C(C)C)c1. The van der Waals surface area contributed by atoms with Crippen molar-refractivity contribution >= 4 is 5.69 Å². The molecule has 1 saturated heterocycles. The number of aromatic hydroxyl groups is 1. The summed E-state index contributed by atoms with van der Waals surface area (Å²) >= 11 is 0. The van der Waals surface area contributed by atoms with E-state index in [4.69, 9.17) is 9.47 Å². The number of aryl methyl sites for hydroxylation is 1. The summed E-state index contributed by atoms with van der Waals surface area (Å²) < 4.78 is 26.7. The molecule has 3 aromatic carbocycles. The zero-order valence-electron chi connectivity index (χ0n) is 25.0. The van der Waals surface area contributed by atoms with Crippen molar-refractivity contribution in [2.24, 2.45) is 5.92 Å². The van der Waals surface area contributed by atoms with Crippen molar-refractivity contribution in [3.63, 3.8) is 0 Å². The third-order valence-electron chi connectivity index (χ3n) is 8.92. The molecule has 0 saturated carbocycles. The van der Waals surface area contributed by atoms with Crippen molar-refractivity contribution in [3.05, 3.63) is 82.7 Å². The summed E-state index contributed by atoms with van der Waals surface area (Å²) in [5.41, 5.74) is 5.85. The van der Waals surface area contributed by atoms with E-state index in [0.717, 1.165) is 61.8 Å². The molecule has 1 heterocycles. The van der Waals surface area contributed by atoms with Crippen LogP contribution in [0.15, 0.2) is 54.6 Å². The molecule has 0 radical (unpaired) electrons. The number of ether oxygens (including phenoxy) is 2. The molecule has 3 aromatic rings. The van der Waals surface area contributed by atoms with Crippen molar-refractivity contribution < 1.29 is 19.0 Å². The van der Waals surface area contributed by atoms with E-state index in [9.17, 15) is 5.11 Å². The number of anilines is 1. The molecule has 1 aliphatic carbocycles. The predicted molar refractivity (Wildman–Crippen MR) is 164 cm³/mol. The molecular weight excluding hydrogens is 515 g/mol. The van der Waals surface area contributed by atoms with Crippen molar-refractivity contribution in [3.8, 4) is 17.2 Å². The molecule has 0 spiro atoms. The molecule has 1 aliphatic heterocycles. The van der Waals surface area contributed by atoms with Crippen LogP contribution in [0, 0.1) is 11.7 Å². The van der Waals surface area contributed by atoms with Gasteiger partial charge in [-0.25, -0.2) is 4.39 Å². The Bertz CT molecular complexity index is 1320. The Morgan fingerprint density at radius 2 is 1.80 bits per heavy atom. The Morgan fingerprint density at radius 1 is 1.00 bits per heavy atom. The molecule has 1 unspecified atom stereocenters. The summed E-state index contributed by atoms with van der Waals surface area (Å²) in [5.74, 6) is 2.31. The molecule has 0 amide bonds. The lowest BCUT2D eigenvalue weighted by atomic mass is 9.79. The number of methoxy groups -OCH3 is 1. The lowest BCUT2D eigenvalue weighted by molar-refractivity contribution is 0.158. The van der Waals surface area contributed by atoms with Gasteiger partial charge < -0.3 is 19.5 Å². The van der Waals surface area contributed by atoms with Crippen LogP contribution in [-0.4, -0.2) is 49.4 Å². The lowest BCUT2D eigenvalue weighted by Crippen LogP contribution is -2.35. The fraction of sp³-hybridized carbons (Fsp3) is 0.486. The summed E-state index contributed by atoms with van der Waals surface area (Å²) in [6.45, 7) is 10.8. The van der Waals surface area contributed by atoms with Crippen LogP contribution in [0.3, 0.4) is 0 Å². The number of piperidine rings is 1. The third-order valence-corrected chi connectivity index (χ3v) is 8.92. The normalized spacial score (nSPS) is 17.9. The highest BCUT2D eigenvalue weighted by molar-refractivity contribution is 5.60. The Kier molecular flexibility index (Phi) is 9.39. The number of nitrogens with zero attached hydrogens (tertiary/aromatic N) is 2. The number of rotatable bonds is 10. The summed E-state index contributed by atoms with van der Waals surface area (Å²) in [4.78, 5) is 4.75. The van der Waals surface area contributed by atoms with Crippen LogP contribution in [0.25, 0.3) is 0 Å². The van der Waals surface area contributed by atoms with E-state index >= 15 is 4.39 Å². The number of phenolic OH excluding ortho intramolecular Hbond substituents is 1. The fourth-order valence-electron chi connectivity index (χ4n) is 6.32. The zero-order valence-corrected chi connectivity index (χ0v) is 25.0. The van der Waals surface area contributed by atoms with Gasteiger partial charge in [0.1, 0.15) is 18.1 Å². The van der Waals surface area contributed by atoms with Gasteiger partial charge in [0.15, 0.2) is 11.6 Å². The predicted octanol–water partition coefficient (Wildman–Crippen LogP) is 7.34. The highest BCUT2D eigenvalue weighted by Gasteiger charge is 2.26. The molecule has 5 nitrogen and oxygen atoms in total. The first-order chi connectivity index (χ1) is 19.8. The molecule has 1 fully saturated rings. The first-order valence-corrected chi connectivity index (χ1v) is 15.2. The van der Waals surface area contributed by atoms with E-state index in [1.165, 1.54) is 29.5 Å². The van der Waals surface area contributed by atoms with Crippen LogP contribution >= 0.6 is 0 Å². The molecule has 2 aliphatic rings. The van der Waals surface area contributed by atoms with Gasteiger partial charge in [-0.15, -0.1) is 0 Å².